The molecule has 0 heterocycles. The fourth-order valence-corrected chi connectivity index (χ4v) is 2.18. The van der Waals surface area contributed by atoms with Crippen LogP contribution >= 0.6 is 11.6 Å². The van der Waals surface area contributed by atoms with Gasteiger partial charge < -0.3 is 19.9 Å². The van der Waals surface area contributed by atoms with E-state index in [0.717, 1.165) is 0 Å². The fraction of sp³-hybridized carbons (Fsp3) is 0.294. The number of nitrogens with zero attached hydrogens (tertiary/aromatic N) is 1. The molecular formula is C17H18ClN3O6. The van der Waals surface area contributed by atoms with Gasteiger partial charge in [0.05, 0.1) is 18.2 Å². The quantitative estimate of drug-likeness (QED) is 0.388. The zero-order chi connectivity index (χ0) is 20.4. The number of urea groups is 1. The van der Waals surface area contributed by atoms with Gasteiger partial charge in [-0.25, -0.2) is 9.59 Å². The molecule has 1 aromatic rings. The van der Waals surface area contributed by atoms with Gasteiger partial charge in [0.1, 0.15) is 11.6 Å². The molecule has 10 heteroatoms. The van der Waals surface area contributed by atoms with E-state index in [9.17, 15) is 14.4 Å². The van der Waals surface area contributed by atoms with Crippen molar-refractivity contribution in [1.29, 1.82) is 5.26 Å². The van der Waals surface area contributed by atoms with E-state index in [4.69, 9.17) is 36.8 Å². The molecular weight excluding hydrogens is 378 g/mol. The van der Waals surface area contributed by atoms with Gasteiger partial charge in [-0.05, 0) is 37.6 Å². The number of carbonyl (C=O) groups is 3. The van der Waals surface area contributed by atoms with Gasteiger partial charge in [0, 0.05) is 0 Å². The largest absolute Gasteiger partial charge is 0.490 e. The van der Waals surface area contributed by atoms with Gasteiger partial charge in [0.2, 0.25) is 0 Å². The first-order valence-electron chi connectivity index (χ1n) is 7.79. The monoisotopic (exact) mass is 395 g/mol. The predicted molar refractivity (Wildman–Crippen MR) is 96.1 cm³/mol. The van der Waals surface area contributed by atoms with Gasteiger partial charge in [-0.1, -0.05) is 11.6 Å². The Kier molecular flexibility index (Phi) is 8.62. The van der Waals surface area contributed by atoms with Gasteiger partial charge in [-0.2, -0.15) is 5.26 Å². The number of nitriles is 1. The number of esters is 1. The van der Waals surface area contributed by atoms with E-state index >= 15 is 0 Å². The lowest BCUT2D eigenvalue weighted by molar-refractivity contribution is -0.145. The summed E-state index contributed by atoms with van der Waals surface area (Å²) in [5.74, 6) is -1.21. The first-order valence-corrected chi connectivity index (χ1v) is 8.17. The minimum atomic E-state index is -1.09. The smallest absolute Gasteiger partial charge is 0.344 e. The van der Waals surface area contributed by atoms with Gasteiger partial charge in [-0.3, -0.25) is 10.1 Å². The molecule has 0 aliphatic heterocycles. The maximum absolute atomic E-state index is 11.7. The third kappa shape index (κ3) is 6.87. The average Bonchev–Trinajstić information content (AvgIpc) is 2.58. The summed E-state index contributed by atoms with van der Waals surface area (Å²) in [5.41, 5.74) is 4.83. The number of ether oxygens (including phenoxy) is 3. The minimum Gasteiger partial charge on any atom is -0.490 e. The van der Waals surface area contributed by atoms with Crippen LogP contribution in [-0.4, -0.2) is 37.7 Å². The summed E-state index contributed by atoms with van der Waals surface area (Å²) in [5, 5.41) is 11.0. The molecule has 0 saturated carbocycles. The van der Waals surface area contributed by atoms with Crippen molar-refractivity contribution >= 4 is 35.6 Å². The second kappa shape index (κ2) is 10.7. The maximum atomic E-state index is 11.7. The van der Waals surface area contributed by atoms with Crippen LogP contribution < -0.4 is 20.5 Å². The number of rotatable bonds is 8. The van der Waals surface area contributed by atoms with Crippen molar-refractivity contribution in [3.8, 4) is 17.6 Å². The predicted octanol–water partition coefficient (Wildman–Crippen LogP) is 1.78. The lowest BCUT2D eigenvalue weighted by atomic mass is 10.1. The highest BCUT2D eigenvalue weighted by molar-refractivity contribution is 6.32. The van der Waals surface area contributed by atoms with E-state index in [1.807, 2.05) is 0 Å². The Balaban J connectivity index is 3.18. The van der Waals surface area contributed by atoms with Crippen molar-refractivity contribution in [3.63, 3.8) is 0 Å². The van der Waals surface area contributed by atoms with E-state index in [-0.39, 0.29) is 41.9 Å². The number of benzene rings is 1. The molecule has 27 heavy (non-hydrogen) atoms. The highest BCUT2D eigenvalue weighted by Crippen LogP contribution is 2.37. The molecule has 3 N–H and O–H groups in total. The van der Waals surface area contributed by atoms with Crippen LogP contribution in [0.4, 0.5) is 4.79 Å². The van der Waals surface area contributed by atoms with Crippen molar-refractivity contribution in [2.24, 2.45) is 5.73 Å². The number of nitrogens with one attached hydrogen (secondary N) is 1. The van der Waals surface area contributed by atoms with Crippen molar-refractivity contribution in [1.82, 2.24) is 5.32 Å². The molecule has 0 aromatic heterocycles. The molecule has 1 aromatic carbocycles. The molecule has 9 nitrogen and oxygen atoms in total. The van der Waals surface area contributed by atoms with Crippen LogP contribution in [0.25, 0.3) is 6.08 Å². The molecule has 0 saturated heterocycles. The van der Waals surface area contributed by atoms with Crippen LogP contribution in [0.2, 0.25) is 5.02 Å². The Hall–Kier alpha value is -3.25. The number of amides is 3. The van der Waals surface area contributed by atoms with E-state index in [1.165, 1.54) is 18.2 Å². The van der Waals surface area contributed by atoms with Crippen LogP contribution in [0.15, 0.2) is 17.7 Å². The van der Waals surface area contributed by atoms with Crippen LogP contribution in [0.1, 0.15) is 19.4 Å². The molecule has 144 valence electrons. The van der Waals surface area contributed by atoms with Gasteiger partial charge >= 0.3 is 12.0 Å². The second-order valence-electron chi connectivity index (χ2n) is 4.84. The summed E-state index contributed by atoms with van der Waals surface area (Å²) in [6.45, 7) is 3.51. The van der Waals surface area contributed by atoms with Crippen LogP contribution in [0.3, 0.4) is 0 Å². The van der Waals surface area contributed by atoms with Crippen molar-refractivity contribution in [3.05, 3.63) is 28.3 Å². The highest BCUT2D eigenvalue weighted by atomic mass is 35.5. The molecule has 0 atom stereocenters. The topological polar surface area (TPSA) is 141 Å². The fourth-order valence-electron chi connectivity index (χ4n) is 1.90. The third-order valence-electron chi connectivity index (χ3n) is 2.88. The Labute approximate surface area is 160 Å². The van der Waals surface area contributed by atoms with Crippen LogP contribution in [-0.2, 0) is 14.3 Å². The van der Waals surface area contributed by atoms with Gasteiger partial charge in [0.15, 0.2) is 18.1 Å². The molecule has 1 rings (SSSR count). The maximum Gasteiger partial charge on any atom is 0.344 e. The third-order valence-corrected chi connectivity index (χ3v) is 3.16. The Morgan fingerprint density at radius 2 is 1.96 bits per heavy atom. The molecule has 0 aliphatic rings. The molecule has 0 bridgehead atoms. The Morgan fingerprint density at radius 3 is 2.52 bits per heavy atom. The minimum absolute atomic E-state index is 0.0871. The summed E-state index contributed by atoms with van der Waals surface area (Å²) in [7, 11) is 0. The summed E-state index contributed by atoms with van der Waals surface area (Å²) < 4.78 is 15.6. The number of halogens is 1. The zero-order valence-electron chi connectivity index (χ0n) is 14.7. The van der Waals surface area contributed by atoms with E-state index in [2.05, 4.69) is 0 Å². The first-order chi connectivity index (χ1) is 12.8. The number of hydrogen-bond donors (Lipinski definition) is 2. The summed E-state index contributed by atoms with van der Waals surface area (Å²) in [6.07, 6.45) is 1.20. The number of primary amides is 1. The normalized spacial score (nSPS) is 10.5. The van der Waals surface area contributed by atoms with Crippen molar-refractivity contribution < 1.29 is 28.6 Å². The Bertz CT molecular complexity index is 801. The molecule has 0 spiro atoms. The summed E-state index contributed by atoms with van der Waals surface area (Å²) >= 11 is 6.18. The lowest BCUT2D eigenvalue weighted by Crippen LogP contribution is -2.35. The lowest BCUT2D eigenvalue weighted by Gasteiger charge is -2.14. The average molecular weight is 396 g/mol. The Morgan fingerprint density at radius 1 is 1.26 bits per heavy atom. The molecule has 0 radical (unpaired) electrons. The molecule has 0 aliphatic carbocycles. The second-order valence-corrected chi connectivity index (χ2v) is 5.25. The molecule has 3 amide bonds. The van der Waals surface area contributed by atoms with E-state index in [0.29, 0.717) is 5.56 Å². The number of carbonyl (C=O) groups excluding carboxylic acids is 3. The van der Waals surface area contributed by atoms with E-state index in [1.54, 1.807) is 25.2 Å². The molecule has 0 unspecified atom stereocenters. The van der Waals surface area contributed by atoms with Gasteiger partial charge in [-0.15, -0.1) is 0 Å². The number of nitrogens with two attached hydrogens (primary N) is 1. The van der Waals surface area contributed by atoms with E-state index < -0.39 is 17.9 Å². The standard InChI is InChI=1S/C17H18ClN3O6/c1-3-25-13-7-10(5-11(8-19)16(23)21-17(20)24)6-12(18)15(13)27-9-14(22)26-4-2/h5-7H,3-4,9H2,1-2H3,(H3,20,21,23,24)/b11-5-. The van der Waals surface area contributed by atoms with Crippen LogP contribution in [0.5, 0.6) is 11.5 Å². The van der Waals surface area contributed by atoms with Crippen LogP contribution in [0, 0.1) is 11.3 Å². The van der Waals surface area contributed by atoms with Crippen molar-refractivity contribution in [2.45, 2.75) is 13.8 Å². The summed E-state index contributed by atoms with van der Waals surface area (Å²) in [6, 6.07) is 3.44. The SMILES string of the molecule is CCOC(=O)COc1c(Cl)cc(/C=C(/C#N)C(=O)NC(N)=O)cc1OCC. The molecule has 0 fully saturated rings. The van der Waals surface area contributed by atoms with Gasteiger partial charge in [0.25, 0.3) is 5.91 Å². The zero-order valence-corrected chi connectivity index (χ0v) is 15.5. The first kappa shape index (κ1) is 21.8. The summed E-state index contributed by atoms with van der Waals surface area (Å²) in [4.78, 5) is 34.0. The number of imide groups is 1. The number of hydrogen-bond acceptors (Lipinski definition) is 7. The van der Waals surface area contributed by atoms with Crippen molar-refractivity contribution in [2.75, 3.05) is 19.8 Å². The highest BCUT2D eigenvalue weighted by Gasteiger charge is 2.16.